The van der Waals surface area contributed by atoms with Crippen molar-refractivity contribution in [3.8, 4) is 5.75 Å². The quantitative estimate of drug-likeness (QED) is 0.875. The fourth-order valence-electron chi connectivity index (χ4n) is 2.37. The number of ether oxygens (including phenoxy) is 1. The SMILES string of the molecule is COc1ccc(C(CN)Nc2cc(C)cc(C)c2)cc1. The van der Waals surface area contributed by atoms with Gasteiger partial charge in [-0.1, -0.05) is 18.2 Å². The van der Waals surface area contributed by atoms with Gasteiger partial charge >= 0.3 is 0 Å². The van der Waals surface area contributed by atoms with E-state index in [2.05, 4.69) is 37.4 Å². The van der Waals surface area contributed by atoms with E-state index < -0.39 is 0 Å². The molecule has 20 heavy (non-hydrogen) atoms. The summed E-state index contributed by atoms with van der Waals surface area (Å²) in [5.74, 6) is 0.857. The smallest absolute Gasteiger partial charge is 0.118 e. The average Bonchev–Trinajstić information content (AvgIpc) is 2.44. The van der Waals surface area contributed by atoms with Gasteiger partial charge in [0.1, 0.15) is 5.75 Å². The third-order valence-corrected chi connectivity index (χ3v) is 3.32. The molecule has 106 valence electrons. The number of hydrogen-bond donors (Lipinski definition) is 2. The van der Waals surface area contributed by atoms with Crippen LogP contribution < -0.4 is 15.8 Å². The van der Waals surface area contributed by atoms with Gasteiger partial charge < -0.3 is 15.8 Å². The Morgan fingerprint density at radius 1 is 1.05 bits per heavy atom. The van der Waals surface area contributed by atoms with E-state index in [-0.39, 0.29) is 6.04 Å². The highest BCUT2D eigenvalue weighted by Gasteiger charge is 2.10. The van der Waals surface area contributed by atoms with E-state index in [4.69, 9.17) is 10.5 Å². The number of hydrogen-bond acceptors (Lipinski definition) is 3. The summed E-state index contributed by atoms with van der Waals surface area (Å²) in [6.45, 7) is 4.74. The normalized spacial score (nSPS) is 12.0. The molecule has 0 saturated heterocycles. The van der Waals surface area contributed by atoms with E-state index in [1.807, 2.05) is 24.3 Å². The van der Waals surface area contributed by atoms with E-state index in [1.54, 1.807) is 7.11 Å². The van der Waals surface area contributed by atoms with Crippen LogP contribution in [0.4, 0.5) is 5.69 Å². The van der Waals surface area contributed by atoms with Crippen LogP contribution in [0, 0.1) is 13.8 Å². The van der Waals surface area contributed by atoms with Gasteiger partial charge in [0.15, 0.2) is 0 Å². The lowest BCUT2D eigenvalue weighted by Crippen LogP contribution is -2.20. The first kappa shape index (κ1) is 14.4. The molecule has 2 rings (SSSR count). The highest BCUT2D eigenvalue weighted by molar-refractivity contribution is 5.50. The van der Waals surface area contributed by atoms with E-state index in [9.17, 15) is 0 Å². The van der Waals surface area contributed by atoms with Crippen LogP contribution in [-0.4, -0.2) is 13.7 Å². The Kier molecular flexibility index (Phi) is 4.64. The number of nitrogens with two attached hydrogens (primary N) is 1. The molecule has 0 aromatic heterocycles. The molecule has 0 aliphatic carbocycles. The molecular formula is C17H22N2O. The molecule has 0 heterocycles. The van der Waals surface area contributed by atoms with Crippen LogP contribution >= 0.6 is 0 Å². The number of anilines is 1. The second-order valence-corrected chi connectivity index (χ2v) is 5.08. The zero-order valence-corrected chi connectivity index (χ0v) is 12.3. The number of nitrogens with one attached hydrogen (secondary N) is 1. The van der Waals surface area contributed by atoms with Gasteiger partial charge in [0.05, 0.1) is 13.2 Å². The molecule has 0 radical (unpaired) electrons. The van der Waals surface area contributed by atoms with Crippen LogP contribution in [0.25, 0.3) is 0 Å². The van der Waals surface area contributed by atoms with Crippen LogP contribution in [0.3, 0.4) is 0 Å². The molecule has 0 spiro atoms. The number of rotatable bonds is 5. The van der Waals surface area contributed by atoms with E-state index >= 15 is 0 Å². The molecule has 0 bridgehead atoms. The van der Waals surface area contributed by atoms with Crippen LogP contribution in [0.15, 0.2) is 42.5 Å². The van der Waals surface area contributed by atoms with Crippen molar-refractivity contribution in [1.82, 2.24) is 0 Å². The molecule has 1 unspecified atom stereocenters. The van der Waals surface area contributed by atoms with Crippen molar-refractivity contribution < 1.29 is 4.74 Å². The lowest BCUT2D eigenvalue weighted by atomic mass is 10.1. The van der Waals surface area contributed by atoms with Gasteiger partial charge in [-0.05, 0) is 54.8 Å². The molecule has 0 aliphatic heterocycles. The predicted octanol–water partition coefficient (Wildman–Crippen LogP) is 3.42. The van der Waals surface area contributed by atoms with E-state index in [0.29, 0.717) is 6.54 Å². The Labute approximate surface area is 120 Å². The van der Waals surface area contributed by atoms with Crippen LogP contribution in [-0.2, 0) is 0 Å². The zero-order valence-electron chi connectivity index (χ0n) is 12.3. The molecule has 0 aliphatic rings. The lowest BCUT2D eigenvalue weighted by Gasteiger charge is -2.19. The largest absolute Gasteiger partial charge is 0.497 e. The molecule has 1 atom stereocenters. The topological polar surface area (TPSA) is 47.3 Å². The minimum Gasteiger partial charge on any atom is -0.497 e. The van der Waals surface area contributed by atoms with Crippen molar-refractivity contribution >= 4 is 5.69 Å². The van der Waals surface area contributed by atoms with Crippen molar-refractivity contribution in [2.24, 2.45) is 5.73 Å². The van der Waals surface area contributed by atoms with E-state index in [1.165, 1.54) is 11.1 Å². The van der Waals surface area contributed by atoms with Gasteiger partial charge in [-0.2, -0.15) is 0 Å². The Morgan fingerprint density at radius 2 is 1.65 bits per heavy atom. The lowest BCUT2D eigenvalue weighted by molar-refractivity contribution is 0.414. The summed E-state index contributed by atoms with van der Waals surface area (Å²) >= 11 is 0. The summed E-state index contributed by atoms with van der Waals surface area (Å²) in [6, 6.07) is 14.6. The Balaban J connectivity index is 2.19. The maximum absolute atomic E-state index is 5.91. The minimum atomic E-state index is 0.0992. The van der Waals surface area contributed by atoms with Crippen LogP contribution in [0.1, 0.15) is 22.7 Å². The summed E-state index contributed by atoms with van der Waals surface area (Å²) < 4.78 is 5.18. The van der Waals surface area contributed by atoms with Crippen LogP contribution in [0.5, 0.6) is 5.75 Å². The summed E-state index contributed by atoms with van der Waals surface area (Å²) in [5, 5.41) is 3.50. The number of benzene rings is 2. The number of aryl methyl sites for hydroxylation is 2. The Morgan fingerprint density at radius 3 is 2.15 bits per heavy atom. The zero-order chi connectivity index (χ0) is 14.5. The average molecular weight is 270 g/mol. The summed E-state index contributed by atoms with van der Waals surface area (Å²) in [5.41, 5.74) is 10.7. The fraction of sp³-hybridized carbons (Fsp3) is 0.294. The molecular weight excluding hydrogens is 248 g/mol. The van der Waals surface area contributed by atoms with Gasteiger partial charge in [0.2, 0.25) is 0 Å². The van der Waals surface area contributed by atoms with Gasteiger partial charge in [0.25, 0.3) is 0 Å². The molecule has 2 aromatic rings. The number of methoxy groups -OCH3 is 1. The van der Waals surface area contributed by atoms with Crippen molar-refractivity contribution in [3.63, 3.8) is 0 Å². The monoisotopic (exact) mass is 270 g/mol. The van der Waals surface area contributed by atoms with Crippen molar-refractivity contribution in [2.75, 3.05) is 19.0 Å². The fourth-order valence-corrected chi connectivity index (χ4v) is 2.37. The first-order valence-corrected chi connectivity index (χ1v) is 6.81. The highest BCUT2D eigenvalue weighted by Crippen LogP contribution is 2.22. The molecule has 3 N–H and O–H groups in total. The summed E-state index contributed by atoms with van der Waals surface area (Å²) in [4.78, 5) is 0. The second-order valence-electron chi connectivity index (χ2n) is 5.08. The van der Waals surface area contributed by atoms with Gasteiger partial charge in [-0.15, -0.1) is 0 Å². The standard InChI is InChI=1S/C17H22N2O/c1-12-8-13(2)10-15(9-12)19-17(11-18)14-4-6-16(20-3)7-5-14/h4-10,17,19H,11,18H2,1-3H3. The summed E-state index contributed by atoms with van der Waals surface area (Å²) in [7, 11) is 1.67. The Hall–Kier alpha value is -2.00. The van der Waals surface area contributed by atoms with E-state index in [0.717, 1.165) is 17.0 Å². The molecule has 3 heteroatoms. The van der Waals surface area contributed by atoms with Gasteiger partial charge in [0, 0.05) is 12.2 Å². The first-order valence-electron chi connectivity index (χ1n) is 6.81. The van der Waals surface area contributed by atoms with Crippen molar-refractivity contribution in [3.05, 3.63) is 59.2 Å². The highest BCUT2D eigenvalue weighted by atomic mass is 16.5. The van der Waals surface area contributed by atoms with Gasteiger partial charge in [-0.25, -0.2) is 0 Å². The predicted molar refractivity (Wildman–Crippen MR) is 84.3 cm³/mol. The van der Waals surface area contributed by atoms with Gasteiger partial charge in [-0.3, -0.25) is 0 Å². The third-order valence-electron chi connectivity index (χ3n) is 3.32. The maximum Gasteiger partial charge on any atom is 0.118 e. The van der Waals surface area contributed by atoms with Crippen LogP contribution in [0.2, 0.25) is 0 Å². The Bertz CT molecular complexity index is 543. The molecule has 3 nitrogen and oxygen atoms in total. The minimum absolute atomic E-state index is 0.0992. The third kappa shape index (κ3) is 3.52. The summed E-state index contributed by atoms with van der Waals surface area (Å²) in [6.07, 6.45) is 0. The van der Waals surface area contributed by atoms with Crippen molar-refractivity contribution in [2.45, 2.75) is 19.9 Å². The molecule has 0 saturated carbocycles. The maximum atomic E-state index is 5.91. The van der Waals surface area contributed by atoms with Crippen molar-refractivity contribution in [1.29, 1.82) is 0 Å². The molecule has 0 fully saturated rings. The first-order chi connectivity index (χ1) is 9.62. The second kappa shape index (κ2) is 6.44. The molecule has 2 aromatic carbocycles. The molecule has 0 amide bonds.